The van der Waals surface area contributed by atoms with Crippen molar-refractivity contribution >= 4 is 0 Å². The van der Waals surface area contributed by atoms with E-state index >= 15 is 0 Å². The number of nitrogens with one attached hydrogen (secondary N) is 1. The van der Waals surface area contributed by atoms with Crippen molar-refractivity contribution in [1.29, 1.82) is 0 Å². The SMILES string of the molecule is Cc1cccc(CC(Cc2ccco2)NN)c1. The first-order valence-corrected chi connectivity index (χ1v) is 5.82. The number of hydrazine groups is 1. The second kappa shape index (κ2) is 5.66. The van der Waals surface area contributed by atoms with E-state index in [4.69, 9.17) is 10.3 Å². The molecule has 0 aliphatic heterocycles. The average Bonchev–Trinajstić information content (AvgIpc) is 2.81. The molecule has 0 radical (unpaired) electrons. The number of benzene rings is 1. The lowest BCUT2D eigenvalue weighted by atomic mass is 10.0. The van der Waals surface area contributed by atoms with E-state index in [-0.39, 0.29) is 6.04 Å². The van der Waals surface area contributed by atoms with Gasteiger partial charge in [0.1, 0.15) is 5.76 Å². The molecule has 2 aromatic rings. The zero-order valence-electron chi connectivity index (χ0n) is 10.0. The van der Waals surface area contributed by atoms with Crippen molar-refractivity contribution in [3.63, 3.8) is 0 Å². The molecule has 3 N–H and O–H groups in total. The van der Waals surface area contributed by atoms with E-state index in [1.165, 1.54) is 11.1 Å². The summed E-state index contributed by atoms with van der Waals surface area (Å²) in [6.07, 6.45) is 3.39. The summed E-state index contributed by atoms with van der Waals surface area (Å²) in [6, 6.07) is 12.6. The monoisotopic (exact) mass is 230 g/mol. The second-order valence-electron chi connectivity index (χ2n) is 4.34. The van der Waals surface area contributed by atoms with Gasteiger partial charge in [-0.2, -0.15) is 0 Å². The first-order chi connectivity index (χ1) is 8.28. The molecule has 0 saturated carbocycles. The van der Waals surface area contributed by atoms with Gasteiger partial charge in [-0.05, 0) is 31.0 Å². The topological polar surface area (TPSA) is 51.2 Å². The van der Waals surface area contributed by atoms with Crippen molar-refractivity contribution in [2.75, 3.05) is 0 Å². The van der Waals surface area contributed by atoms with Gasteiger partial charge in [-0.15, -0.1) is 0 Å². The molecule has 0 aliphatic rings. The van der Waals surface area contributed by atoms with Crippen molar-refractivity contribution in [3.8, 4) is 0 Å². The quantitative estimate of drug-likeness (QED) is 0.611. The Kier molecular flexibility index (Phi) is 3.96. The molecular formula is C14H18N2O. The maximum atomic E-state index is 5.58. The Morgan fingerprint density at radius 1 is 1.24 bits per heavy atom. The lowest BCUT2D eigenvalue weighted by molar-refractivity contribution is 0.444. The molecule has 90 valence electrons. The van der Waals surface area contributed by atoms with Crippen molar-refractivity contribution in [1.82, 2.24) is 5.43 Å². The molecule has 1 heterocycles. The highest BCUT2D eigenvalue weighted by Gasteiger charge is 2.10. The molecule has 1 aromatic carbocycles. The van der Waals surface area contributed by atoms with Gasteiger partial charge in [0.05, 0.1) is 6.26 Å². The van der Waals surface area contributed by atoms with Crippen LogP contribution in [0.4, 0.5) is 0 Å². The molecule has 1 unspecified atom stereocenters. The van der Waals surface area contributed by atoms with E-state index < -0.39 is 0 Å². The molecular weight excluding hydrogens is 212 g/mol. The van der Waals surface area contributed by atoms with Crippen LogP contribution in [0.3, 0.4) is 0 Å². The lowest BCUT2D eigenvalue weighted by Gasteiger charge is -2.14. The molecule has 1 aromatic heterocycles. The van der Waals surface area contributed by atoms with E-state index in [9.17, 15) is 0 Å². The minimum atomic E-state index is 0.197. The van der Waals surface area contributed by atoms with Gasteiger partial charge >= 0.3 is 0 Å². The van der Waals surface area contributed by atoms with E-state index in [1.54, 1.807) is 6.26 Å². The van der Waals surface area contributed by atoms with Gasteiger partial charge in [0, 0.05) is 12.5 Å². The highest BCUT2D eigenvalue weighted by Crippen LogP contribution is 2.10. The Morgan fingerprint density at radius 2 is 2.12 bits per heavy atom. The van der Waals surface area contributed by atoms with Crippen LogP contribution in [0, 0.1) is 6.92 Å². The zero-order chi connectivity index (χ0) is 12.1. The van der Waals surface area contributed by atoms with Gasteiger partial charge in [-0.1, -0.05) is 29.8 Å². The van der Waals surface area contributed by atoms with Crippen LogP contribution in [-0.2, 0) is 12.8 Å². The van der Waals surface area contributed by atoms with Gasteiger partial charge in [-0.3, -0.25) is 11.3 Å². The number of nitrogens with two attached hydrogens (primary N) is 1. The van der Waals surface area contributed by atoms with Gasteiger partial charge < -0.3 is 4.42 Å². The maximum Gasteiger partial charge on any atom is 0.105 e. The smallest absolute Gasteiger partial charge is 0.105 e. The Morgan fingerprint density at radius 3 is 2.76 bits per heavy atom. The first-order valence-electron chi connectivity index (χ1n) is 5.82. The lowest BCUT2D eigenvalue weighted by Crippen LogP contribution is -2.38. The van der Waals surface area contributed by atoms with Gasteiger partial charge in [-0.25, -0.2) is 0 Å². The Hall–Kier alpha value is -1.58. The fourth-order valence-electron chi connectivity index (χ4n) is 1.99. The van der Waals surface area contributed by atoms with Crippen LogP contribution in [0.15, 0.2) is 47.1 Å². The largest absolute Gasteiger partial charge is 0.469 e. The summed E-state index contributed by atoms with van der Waals surface area (Å²) in [4.78, 5) is 0. The number of hydrogen-bond acceptors (Lipinski definition) is 3. The maximum absolute atomic E-state index is 5.58. The zero-order valence-corrected chi connectivity index (χ0v) is 10.0. The van der Waals surface area contributed by atoms with E-state index in [0.29, 0.717) is 0 Å². The van der Waals surface area contributed by atoms with E-state index in [1.807, 2.05) is 12.1 Å². The normalized spacial score (nSPS) is 12.6. The molecule has 1 atom stereocenters. The van der Waals surface area contributed by atoms with Crippen LogP contribution in [0.1, 0.15) is 16.9 Å². The summed E-state index contributed by atoms with van der Waals surface area (Å²) >= 11 is 0. The molecule has 0 amide bonds. The molecule has 0 bridgehead atoms. The highest BCUT2D eigenvalue weighted by atomic mass is 16.3. The third kappa shape index (κ3) is 3.44. The second-order valence-corrected chi connectivity index (χ2v) is 4.34. The summed E-state index contributed by atoms with van der Waals surface area (Å²) in [5, 5.41) is 0. The molecule has 2 rings (SSSR count). The van der Waals surface area contributed by atoms with Crippen LogP contribution < -0.4 is 11.3 Å². The van der Waals surface area contributed by atoms with Crippen molar-refractivity contribution in [3.05, 3.63) is 59.5 Å². The third-order valence-corrected chi connectivity index (χ3v) is 2.83. The number of hydrogen-bond donors (Lipinski definition) is 2. The average molecular weight is 230 g/mol. The predicted octanol–water partition coefficient (Wildman–Crippen LogP) is 2.21. The molecule has 0 saturated heterocycles. The minimum absolute atomic E-state index is 0.197. The van der Waals surface area contributed by atoms with Gasteiger partial charge in [0.15, 0.2) is 0 Å². The van der Waals surface area contributed by atoms with E-state index in [0.717, 1.165) is 18.6 Å². The van der Waals surface area contributed by atoms with Crippen LogP contribution in [0.25, 0.3) is 0 Å². The number of aryl methyl sites for hydroxylation is 1. The summed E-state index contributed by atoms with van der Waals surface area (Å²) in [5.74, 6) is 6.54. The van der Waals surface area contributed by atoms with Crippen LogP contribution in [-0.4, -0.2) is 6.04 Å². The van der Waals surface area contributed by atoms with Crippen LogP contribution in [0.5, 0.6) is 0 Å². The molecule has 17 heavy (non-hydrogen) atoms. The summed E-state index contributed by atoms with van der Waals surface area (Å²) in [6.45, 7) is 2.10. The number of rotatable bonds is 5. The van der Waals surface area contributed by atoms with Crippen molar-refractivity contribution in [2.45, 2.75) is 25.8 Å². The molecule has 0 fully saturated rings. The summed E-state index contributed by atoms with van der Waals surface area (Å²) < 4.78 is 5.33. The van der Waals surface area contributed by atoms with Crippen molar-refractivity contribution < 1.29 is 4.42 Å². The van der Waals surface area contributed by atoms with E-state index in [2.05, 4.69) is 36.6 Å². The fourth-order valence-corrected chi connectivity index (χ4v) is 1.99. The molecule has 3 heteroatoms. The summed E-state index contributed by atoms with van der Waals surface area (Å²) in [5.41, 5.74) is 5.41. The summed E-state index contributed by atoms with van der Waals surface area (Å²) in [7, 11) is 0. The first kappa shape index (κ1) is 11.9. The minimum Gasteiger partial charge on any atom is -0.469 e. The highest BCUT2D eigenvalue weighted by molar-refractivity contribution is 5.23. The van der Waals surface area contributed by atoms with Gasteiger partial charge in [0.25, 0.3) is 0 Å². The Labute approximate surface area is 102 Å². The van der Waals surface area contributed by atoms with Crippen molar-refractivity contribution in [2.24, 2.45) is 5.84 Å². The molecule has 0 spiro atoms. The molecule has 0 aliphatic carbocycles. The Balaban J connectivity index is 2.00. The van der Waals surface area contributed by atoms with Gasteiger partial charge in [0.2, 0.25) is 0 Å². The standard InChI is InChI=1S/C14H18N2O/c1-11-4-2-5-12(8-11)9-13(16-15)10-14-6-3-7-17-14/h2-8,13,16H,9-10,15H2,1H3. The third-order valence-electron chi connectivity index (χ3n) is 2.83. The fraction of sp³-hybridized carbons (Fsp3) is 0.286. The predicted molar refractivity (Wildman–Crippen MR) is 68.4 cm³/mol. The number of furan rings is 1. The van der Waals surface area contributed by atoms with Crippen LogP contribution >= 0.6 is 0 Å². The Bertz CT molecular complexity index is 451. The van der Waals surface area contributed by atoms with Crippen LogP contribution in [0.2, 0.25) is 0 Å². The molecule has 3 nitrogen and oxygen atoms in total.